The first-order valence-electron chi connectivity index (χ1n) is 9.24. The zero-order valence-electron chi connectivity index (χ0n) is 15.8. The molecule has 1 heterocycles. The van der Waals surface area contributed by atoms with E-state index in [-0.39, 0.29) is 9.65 Å². The first kappa shape index (κ1) is 23.7. The largest absolute Gasteiger partial charge is 0.454 e. The number of amides is 3. The maximum Gasteiger partial charge on any atom is 0.418 e. The van der Waals surface area contributed by atoms with E-state index >= 15 is 0 Å². The predicted molar refractivity (Wildman–Crippen MR) is 109 cm³/mol. The van der Waals surface area contributed by atoms with E-state index in [2.05, 4.69) is 31.9 Å². The highest BCUT2D eigenvalue weighted by Gasteiger charge is 2.52. The minimum absolute atomic E-state index is 0.0145. The van der Waals surface area contributed by atoms with Gasteiger partial charge in [-0.1, -0.05) is 44.0 Å². The van der Waals surface area contributed by atoms with Crippen LogP contribution >= 0.6 is 31.9 Å². The van der Waals surface area contributed by atoms with Crippen molar-refractivity contribution in [1.29, 1.82) is 0 Å². The SMILES string of the molecule is O=C(COC(=O)CN1C(=O)[C@H]2C[C@H](Br)[C@@H](Br)C[C@H]2C1=O)Nc1ccccc1C(F)(F)F. The Kier molecular flexibility index (Phi) is 7.09. The second-order valence-corrected chi connectivity index (χ2v) is 9.58. The summed E-state index contributed by atoms with van der Waals surface area (Å²) in [6.07, 6.45) is -3.79. The Hall–Kier alpha value is -1.95. The van der Waals surface area contributed by atoms with Crippen LogP contribution in [0.25, 0.3) is 0 Å². The average molecular weight is 570 g/mol. The normalized spacial score (nSPS) is 25.9. The van der Waals surface area contributed by atoms with Crippen LogP contribution in [-0.2, 0) is 30.1 Å². The van der Waals surface area contributed by atoms with Crippen molar-refractivity contribution in [2.75, 3.05) is 18.5 Å². The highest BCUT2D eigenvalue weighted by Crippen LogP contribution is 2.43. The van der Waals surface area contributed by atoms with E-state index in [4.69, 9.17) is 4.74 Å². The molecular weight excluding hydrogens is 553 g/mol. The molecule has 1 saturated carbocycles. The minimum atomic E-state index is -4.67. The number of halogens is 5. The monoisotopic (exact) mass is 568 g/mol. The standard InChI is InChI=1S/C19H17Br2F3N2O5/c20-12-5-9-10(6-13(12)21)18(30)26(17(9)29)7-16(28)31-8-15(27)25-14-4-2-1-3-11(14)19(22,23)24/h1-4,9-10,12-13H,5-8H2,(H,25,27)/t9-,10+,12-,13-/m0/s1. The fourth-order valence-corrected chi connectivity index (χ4v) is 4.90. The molecule has 0 aromatic heterocycles. The number of hydrogen-bond acceptors (Lipinski definition) is 5. The predicted octanol–water partition coefficient (Wildman–Crippen LogP) is 3.11. The van der Waals surface area contributed by atoms with Crippen molar-refractivity contribution < 1.29 is 37.1 Å². The lowest BCUT2D eigenvalue weighted by Gasteiger charge is -2.29. The van der Waals surface area contributed by atoms with Crippen LogP contribution < -0.4 is 5.32 Å². The summed E-state index contributed by atoms with van der Waals surface area (Å²) in [6, 6.07) is 4.37. The van der Waals surface area contributed by atoms with Gasteiger partial charge in [0.05, 0.1) is 23.1 Å². The van der Waals surface area contributed by atoms with Gasteiger partial charge in [0.1, 0.15) is 6.54 Å². The summed E-state index contributed by atoms with van der Waals surface area (Å²) in [4.78, 5) is 49.9. The van der Waals surface area contributed by atoms with Crippen LogP contribution in [0.2, 0.25) is 0 Å². The molecule has 3 rings (SSSR count). The zero-order chi connectivity index (χ0) is 22.9. The first-order valence-corrected chi connectivity index (χ1v) is 11.1. The maximum absolute atomic E-state index is 13.0. The average Bonchev–Trinajstić information content (AvgIpc) is 2.91. The first-order chi connectivity index (χ1) is 14.5. The van der Waals surface area contributed by atoms with Crippen LogP contribution in [0.5, 0.6) is 0 Å². The van der Waals surface area contributed by atoms with Gasteiger partial charge in [-0.3, -0.25) is 24.1 Å². The number of ether oxygens (including phenoxy) is 1. The number of hydrogen-bond donors (Lipinski definition) is 1. The smallest absolute Gasteiger partial charge is 0.418 e. The highest BCUT2D eigenvalue weighted by molar-refractivity contribution is 9.12. The lowest BCUT2D eigenvalue weighted by molar-refractivity contribution is -0.154. The second kappa shape index (κ2) is 9.27. The van der Waals surface area contributed by atoms with Crippen molar-refractivity contribution in [2.24, 2.45) is 11.8 Å². The molecule has 4 atom stereocenters. The molecule has 168 valence electrons. The Morgan fingerprint density at radius 2 is 1.61 bits per heavy atom. The van der Waals surface area contributed by atoms with Crippen molar-refractivity contribution in [3.05, 3.63) is 29.8 Å². The molecule has 1 saturated heterocycles. The third-order valence-electron chi connectivity index (χ3n) is 5.16. The summed E-state index contributed by atoms with van der Waals surface area (Å²) in [5, 5.41) is 2.04. The molecule has 1 aromatic carbocycles. The van der Waals surface area contributed by atoms with Gasteiger partial charge in [0.2, 0.25) is 11.8 Å². The number of para-hydroxylation sites is 1. The topological polar surface area (TPSA) is 92.8 Å². The van der Waals surface area contributed by atoms with Gasteiger partial charge in [0.15, 0.2) is 6.61 Å². The molecule has 1 aliphatic carbocycles. The Morgan fingerprint density at radius 3 is 2.16 bits per heavy atom. The van der Waals surface area contributed by atoms with Gasteiger partial charge < -0.3 is 10.1 Å². The van der Waals surface area contributed by atoms with Crippen LogP contribution in [0.1, 0.15) is 18.4 Å². The number of alkyl halides is 5. The van der Waals surface area contributed by atoms with Gasteiger partial charge in [-0.05, 0) is 25.0 Å². The van der Waals surface area contributed by atoms with E-state index in [0.29, 0.717) is 12.8 Å². The van der Waals surface area contributed by atoms with E-state index < -0.39 is 66.1 Å². The van der Waals surface area contributed by atoms with Crippen molar-refractivity contribution in [2.45, 2.75) is 28.7 Å². The summed E-state index contributed by atoms with van der Waals surface area (Å²) in [6.45, 7) is -1.52. The van der Waals surface area contributed by atoms with Gasteiger partial charge >= 0.3 is 12.1 Å². The number of carbonyl (C=O) groups excluding carboxylic acids is 4. The Morgan fingerprint density at radius 1 is 1.06 bits per heavy atom. The molecule has 3 amide bonds. The van der Waals surface area contributed by atoms with Gasteiger partial charge in [0.25, 0.3) is 5.91 Å². The van der Waals surface area contributed by atoms with Crippen LogP contribution in [0.3, 0.4) is 0 Å². The molecule has 12 heteroatoms. The maximum atomic E-state index is 13.0. The van der Waals surface area contributed by atoms with Gasteiger partial charge in [-0.25, -0.2) is 0 Å². The van der Waals surface area contributed by atoms with E-state index in [1.54, 1.807) is 0 Å². The van der Waals surface area contributed by atoms with E-state index in [1.807, 2.05) is 5.32 Å². The number of esters is 1. The number of rotatable bonds is 5. The number of anilines is 1. The lowest BCUT2D eigenvalue weighted by atomic mass is 9.81. The number of fused-ring (bicyclic) bond motifs is 1. The third-order valence-corrected chi connectivity index (χ3v) is 7.89. The molecule has 31 heavy (non-hydrogen) atoms. The van der Waals surface area contributed by atoms with Gasteiger partial charge in [-0.15, -0.1) is 0 Å². The number of nitrogens with one attached hydrogen (secondary N) is 1. The summed E-state index contributed by atoms with van der Waals surface area (Å²) >= 11 is 6.92. The lowest BCUT2D eigenvalue weighted by Crippen LogP contribution is -2.37. The Balaban J connectivity index is 1.55. The summed E-state index contributed by atoms with van der Waals surface area (Å²) < 4.78 is 43.7. The number of carbonyl (C=O) groups is 4. The molecule has 2 aliphatic rings. The van der Waals surface area contributed by atoms with Crippen molar-refractivity contribution >= 4 is 61.2 Å². The summed E-state index contributed by atoms with van der Waals surface area (Å²) in [5.41, 5.74) is -1.51. The van der Waals surface area contributed by atoms with E-state index in [1.165, 1.54) is 12.1 Å². The molecule has 1 aromatic rings. The van der Waals surface area contributed by atoms with Crippen LogP contribution in [0, 0.1) is 11.8 Å². The third kappa shape index (κ3) is 5.28. The quantitative estimate of drug-likeness (QED) is 0.334. The molecule has 0 radical (unpaired) electrons. The fourth-order valence-electron chi connectivity index (χ4n) is 3.67. The number of nitrogens with zero attached hydrogens (tertiary/aromatic N) is 1. The van der Waals surface area contributed by atoms with E-state index in [0.717, 1.165) is 17.0 Å². The zero-order valence-corrected chi connectivity index (χ0v) is 19.0. The van der Waals surface area contributed by atoms with E-state index in [9.17, 15) is 32.3 Å². The van der Waals surface area contributed by atoms with Crippen LogP contribution in [0.4, 0.5) is 18.9 Å². The summed E-state index contributed by atoms with van der Waals surface area (Å²) in [5.74, 6) is -3.99. The molecule has 1 N–H and O–H groups in total. The second-order valence-electron chi connectivity index (χ2n) is 7.23. The highest BCUT2D eigenvalue weighted by atomic mass is 79.9. The van der Waals surface area contributed by atoms with Crippen molar-refractivity contribution in [1.82, 2.24) is 4.90 Å². The molecule has 2 fully saturated rings. The number of benzene rings is 1. The number of likely N-dealkylation sites (tertiary alicyclic amines) is 1. The number of imide groups is 1. The van der Waals surface area contributed by atoms with Crippen molar-refractivity contribution in [3.8, 4) is 0 Å². The Labute approximate surface area is 191 Å². The van der Waals surface area contributed by atoms with Gasteiger partial charge in [-0.2, -0.15) is 13.2 Å². The fraction of sp³-hybridized carbons (Fsp3) is 0.474. The van der Waals surface area contributed by atoms with Crippen LogP contribution in [-0.4, -0.2) is 51.4 Å². The molecular formula is C19H17Br2F3N2O5. The molecule has 7 nitrogen and oxygen atoms in total. The molecule has 0 unspecified atom stereocenters. The molecule has 0 bridgehead atoms. The summed E-state index contributed by atoms with van der Waals surface area (Å²) in [7, 11) is 0. The minimum Gasteiger partial charge on any atom is -0.454 e. The van der Waals surface area contributed by atoms with Crippen LogP contribution in [0.15, 0.2) is 24.3 Å². The Bertz CT molecular complexity index is 883. The van der Waals surface area contributed by atoms with Crippen molar-refractivity contribution in [3.63, 3.8) is 0 Å². The molecule has 0 spiro atoms. The molecule has 1 aliphatic heterocycles. The van der Waals surface area contributed by atoms with Gasteiger partial charge in [0, 0.05) is 9.65 Å².